The molecule has 0 aliphatic heterocycles. The summed E-state index contributed by atoms with van der Waals surface area (Å²) in [6, 6.07) is 3.86. The number of alkyl halides is 2. The van der Waals surface area contributed by atoms with Gasteiger partial charge in [-0.1, -0.05) is 0 Å². The number of pyridine rings is 1. The van der Waals surface area contributed by atoms with E-state index in [2.05, 4.69) is 25.3 Å². The third-order valence-corrected chi connectivity index (χ3v) is 3.83. The average molecular weight is 363 g/mol. The minimum Gasteiger partial charge on any atom is -0.481 e. The van der Waals surface area contributed by atoms with Crippen LogP contribution in [-0.2, 0) is 0 Å². The van der Waals surface area contributed by atoms with E-state index < -0.39 is 12.3 Å². The van der Waals surface area contributed by atoms with Gasteiger partial charge in [-0.3, -0.25) is 14.8 Å². The number of methoxy groups -OCH3 is 1. The highest BCUT2D eigenvalue weighted by atomic mass is 32.1. The predicted molar refractivity (Wildman–Crippen MR) is 86.8 cm³/mol. The summed E-state index contributed by atoms with van der Waals surface area (Å²) in [6.07, 6.45) is 0.0635. The molecule has 3 heterocycles. The van der Waals surface area contributed by atoms with Gasteiger partial charge in [0.15, 0.2) is 5.82 Å². The lowest BCUT2D eigenvalue weighted by molar-refractivity contribution is 0.102. The maximum absolute atomic E-state index is 12.5. The van der Waals surface area contributed by atoms with Crippen molar-refractivity contribution in [2.24, 2.45) is 0 Å². The van der Waals surface area contributed by atoms with Crippen molar-refractivity contribution in [3.63, 3.8) is 0 Å². The van der Waals surface area contributed by atoms with Gasteiger partial charge < -0.3 is 10.1 Å². The highest BCUT2D eigenvalue weighted by molar-refractivity contribution is 7.13. The molecule has 0 atom stereocenters. The summed E-state index contributed by atoms with van der Waals surface area (Å²) in [7, 11) is 1.42. The smallest absolute Gasteiger partial charge is 0.280 e. The van der Waals surface area contributed by atoms with Crippen molar-refractivity contribution in [2.45, 2.75) is 6.43 Å². The average Bonchev–Trinajstić information content (AvgIpc) is 3.16. The molecule has 0 aliphatic rings. The van der Waals surface area contributed by atoms with Crippen molar-refractivity contribution in [3.8, 4) is 16.6 Å². The fourth-order valence-corrected chi connectivity index (χ4v) is 2.44. The van der Waals surface area contributed by atoms with Gasteiger partial charge in [-0.25, -0.2) is 13.8 Å². The van der Waals surface area contributed by atoms with Gasteiger partial charge in [-0.15, -0.1) is 11.3 Å². The zero-order valence-corrected chi connectivity index (χ0v) is 13.6. The van der Waals surface area contributed by atoms with E-state index in [1.54, 1.807) is 11.7 Å². The molecule has 0 radical (unpaired) electrons. The number of nitrogens with one attached hydrogen (secondary N) is 1. The summed E-state index contributed by atoms with van der Waals surface area (Å²) in [6.45, 7) is 0. The zero-order chi connectivity index (χ0) is 17.8. The minimum atomic E-state index is -2.67. The Kier molecular flexibility index (Phi) is 4.89. The Labute approximate surface area is 144 Å². The van der Waals surface area contributed by atoms with Crippen LogP contribution in [0.1, 0.15) is 22.6 Å². The first-order valence-electron chi connectivity index (χ1n) is 6.94. The van der Waals surface area contributed by atoms with E-state index in [1.807, 2.05) is 0 Å². The van der Waals surface area contributed by atoms with Crippen LogP contribution >= 0.6 is 11.3 Å². The van der Waals surface area contributed by atoms with E-state index in [-0.39, 0.29) is 23.0 Å². The summed E-state index contributed by atoms with van der Waals surface area (Å²) >= 11 is 1.32. The molecule has 0 saturated heterocycles. The number of rotatable bonds is 5. The summed E-state index contributed by atoms with van der Waals surface area (Å²) in [4.78, 5) is 29.0. The van der Waals surface area contributed by atoms with Crippen molar-refractivity contribution < 1.29 is 18.3 Å². The number of carbonyl (C=O) groups is 1. The van der Waals surface area contributed by atoms with Crippen LogP contribution in [-0.4, -0.2) is 33.0 Å². The summed E-state index contributed by atoms with van der Waals surface area (Å²) in [5.74, 6) is -0.0223. The van der Waals surface area contributed by atoms with Gasteiger partial charge in [-0.05, 0) is 12.1 Å². The molecular weight excluding hydrogens is 352 g/mol. The fourth-order valence-electron chi connectivity index (χ4n) is 1.89. The van der Waals surface area contributed by atoms with Crippen LogP contribution in [0.15, 0.2) is 36.1 Å². The third-order valence-electron chi connectivity index (χ3n) is 3.06. The van der Waals surface area contributed by atoms with E-state index in [9.17, 15) is 13.6 Å². The van der Waals surface area contributed by atoms with E-state index in [1.165, 1.54) is 30.6 Å². The molecule has 1 N–H and O–H groups in total. The second-order valence-corrected chi connectivity index (χ2v) is 5.60. The second-order valence-electron chi connectivity index (χ2n) is 4.71. The number of ether oxygens (including phenoxy) is 1. The van der Waals surface area contributed by atoms with Gasteiger partial charge in [0.1, 0.15) is 11.4 Å². The fraction of sp³-hybridized carbons (Fsp3) is 0.133. The molecule has 3 aromatic heterocycles. The Morgan fingerprint density at radius 1 is 1.28 bits per heavy atom. The highest BCUT2D eigenvalue weighted by Crippen LogP contribution is 2.23. The van der Waals surface area contributed by atoms with Crippen molar-refractivity contribution in [3.05, 3.63) is 47.5 Å². The van der Waals surface area contributed by atoms with Gasteiger partial charge in [0.05, 0.1) is 29.4 Å². The molecule has 3 aromatic rings. The van der Waals surface area contributed by atoms with E-state index in [0.29, 0.717) is 10.7 Å². The number of anilines is 1. The van der Waals surface area contributed by atoms with Crippen LogP contribution in [0.3, 0.4) is 0 Å². The molecular formula is C15H11F2N5O2S. The van der Waals surface area contributed by atoms with Gasteiger partial charge in [0, 0.05) is 12.3 Å². The lowest BCUT2D eigenvalue weighted by Gasteiger charge is -2.08. The monoisotopic (exact) mass is 363 g/mol. The Morgan fingerprint density at radius 3 is 2.72 bits per heavy atom. The molecule has 25 heavy (non-hydrogen) atoms. The van der Waals surface area contributed by atoms with Gasteiger partial charge in [0.2, 0.25) is 5.88 Å². The number of nitrogens with zero attached hydrogens (tertiary/aromatic N) is 4. The number of aromatic nitrogens is 4. The van der Waals surface area contributed by atoms with E-state index >= 15 is 0 Å². The molecule has 0 unspecified atom stereocenters. The number of hydrogen-bond acceptors (Lipinski definition) is 7. The Balaban J connectivity index is 1.85. The third kappa shape index (κ3) is 3.91. The minimum absolute atomic E-state index is 0.0631. The van der Waals surface area contributed by atoms with Gasteiger partial charge in [0.25, 0.3) is 12.3 Å². The van der Waals surface area contributed by atoms with Crippen LogP contribution in [0, 0.1) is 0 Å². The molecule has 0 bridgehead atoms. The number of carbonyl (C=O) groups excluding carboxylic acids is 1. The first-order valence-corrected chi connectivity index (χ1v) is 7.82. The van der Waals surface area contributed by atoms with Crippen LogP contribution in [0.4, 0.5) is 14.5 Å². The predicted octanol–water partition coefficient (Wildman–Crippen LogP) is 3.19. The van der Waals surface area contributed by atoms with Crippen LogP contribution in [0.25, 0.3) is 10.7 Å². The van der Waals surface area contributed by atoms with Gasteiger partial charge in [-0.2, -0.15) is 4.98 Å². The van der Waals surface area contributed by atoms with Crippen LogP contribution in [0.5, 0.6) is 5.88 Å². The number of thiazole rings is 1. The highest BCUT2D eigenvalue weighted by Gasteiger charge is 2.15. The lowest BCUT2D eigenvalue weighted by Crippen LogP contribution is -2.15. The second kappa shape index (κ2) is 7.26. The molecule has 128 valence electrons. The largest absolute Gasteiger partial charge is 0.481 e. The molecule has 1 amide bonds. The molecule has 10 heteroatoms. The quantitative estimate of drug-likeness (QED) is 0.749. The lowest BCUT2D eigenvalue weighted by atomic mass is 10.3. The topological polar surface area (TPSA) is 89.9 Å². The molecule has 0 aromatic carbocycles. The Bertz CT molecular complexity index is 872. The van der Waals surface area contributed by atoms with E-state index in [4.69, 9.17) is 4.74 Å². The normalized spacial score (nSPS) is 10.7. The van der Waals surface area contributed by atoms with Gasteiger partial charge >= 0.3 is 0 Å². The SMILES string of the molecule is COc1cc(C(=O)Nc2ccc(C(F)F)nc2)nc(-c2cncs2)n1. The molecule has 0 saturated carbocycles. The molecule has 3 rings (SSSR count). The zero-order valence-electron chi connectivity index (χ0n) is 12.8. The Morgan fingerprint density at radius 2 is 2.12 bits per heavy atom. The van der Waals surface area contributed by atoms with Crippen molar-refractivity contribution in [1.29, 1.82) is 0 Å². The molecule has 7 nitrogen and oxygen atoms in total. The maximum atomic E-state index is 12.5. The standard InChI is InChI=1S/C15H11F2N5O2S/c1-24-12-4-10(21-14(22-12)11-6-18-7-25-11)15(23)20-8-2-3-9(13(16)17)19-5-8/h2-7,13H,1H3,(H,20,23). The van der Waals surface area contributed by atoms with Crippen LogP contribution in [0.2, 0.25) is 0 Å². The van der Waals surface area contributed by atoms with Crippen molar-refractivity contribution in [2.75, 3.05) is 12.4 Å². The number of hydrogen-bond donors (Lipinski definition) is 1. The van der Waals surface area contributed by atoms with Crippen molar-refractivity contribution >= 4 is 22.9 Å². The van der Waals surface area contributed by atoms with Crippen molar-refractivity contribution in [1.82, 2.24) is 19.9 Å². The maximum Gasteiger partial charge on any atom is 0.280 e. The first-order chi connectivity index (χ1) is 12.1. The Hall–Kier alpha value is -3.01. The van der Waals surface area contributed by atoms with Crippen LogP contribution < -0.4 is 10.1 Å². The molecule has 0 fully saturated rings. The summed E-state index contributed by atoms with van der Waals surface area (Å²) < 4.78 is 30.1. The van der Waals surface area contributed by atoms with E-state index in [0.717, 1.165) is 12.3 Å². The summed E-state index contributed by atoms with van der Waals surface area (Å²) in [5, 5.41) is 2.54. The summed E-state index contributed by atoms with van der Waals surface area (Å²) in [5.41, 5.74) is 1.59. The molecule has 0 aliphatic carbocycles. The number of halogens is 2. The first kappa shape index (κ1) is 16.8. The molecule has 0 spiro atoms. The number of amides is 1.